The second-order valence-electron chi connectivity index (χ2n) is 6.73. The molecule has 0 aliphatic heterocycles. The van der Waals surface area contributed by atoms with Crippen molar-refractivity contribution in [3.63, 3.8) is 0 Å². The van der Waals surface area contributed by atoms with E-state index in [0.717, 1.165) is 5.56 Å². The van der Waals surface area contributed by atoms with Gasteiger partial charge >= 0.3 is 6.03 Å². The number of carbonyl (C=O) groups is 2. The van der Waals surface area contributed by atoms with Gasteiger partial charge in [0.25, 0.3) is 5.91 Å². The summed E-state index contributed by atoms with van der Waals surface area (Å²) in [4.78, 5) is 29.0. The number of hydrogen-bond acceptors (Lipinski definition) is 5. The third-order valence-corrected chi connectivity index (χ3v) is 4.43. The molecule has 0 fully saturated rings. The number of nitrogens with zero attached hydrogens (tertiary/aromatic N) is 2. The number of urea groups is 1. The van der Waals surface area contributed by atoms with Gasteiger partial charge in [0.15, 0.2) is 11.6 Å². The van der Waals surface area contributed by atoms with Crippen molar-refractivity contribution in [2.75, 3.05) is 10.6 Å². The van der Waals surface area contributed by atoms with Gasteiger partial charge < -0.3 is 20.4 Å². The molecule has 2 heterocycles. The van der Waals surface area contributed by atoms with Gasteiger partial charge in [0.05, 0.1) is 6.26 Å². The zero-order valence-electron chi connectivity index (χ0n) is 16.6. The standard InChI is InChI=1S/C22H20N6O3/c1-14-23-20(28-27-14)19(15-6-3-2-4-7-15)26-22(30)25-17-11-9-16(10-12-17)24-21(29)18-8-5-13-31-18/h2-13,19H,1H3,(H,24,29)(H,23,27,28)(H2,25,26,30). The molecular formula is C22H20N6O3. The summed E-state index contributed by atoms with van der Waals surface area (Å²) in [7, 11) is 0. The number of nitrogens with one attached hydrogen (secondary N) is 4. The van der Waals surface area contributed by atoms with Crippen LogP contribution in [-0.2, 0) is 0 Å². The monoisotopic (exact) mass is 416 g/mol. The van der Waals surface area contributed by atoms with E-state index in [2.05, 4.69) is 31.1 Å². The summed E-state index contributed by atoms with van der Waals surface area (Å²) in [5, 5.41) is 15.4. The van der Waals surface area contributed by atoms with Gasteiger partial charge in [-0.15, -0.1) is 0 Å². The van der Waals surface area contributed by atoms with Crippen molar-refractivity contribution in [2.45, 2.75) is 13.0 Å². The highest BCUT2D eigenvalue weighted by molar-refractivity contribution is 6.02. The first-order chi connectivity index (χ1) is 15.1. The fourth-order valence-electron chi connectivity index (χ4n) is 2.97. The fraction of sp³-hybridized carbons (Fsp3) is 0.0909. The number of hydrogen-bond donors (Lipinski definition) is 4. The van der Waals surface area contributed by atoms with E-state index in [4.69, 9.17) is 4.42 Å². The molecule has 0 saturated carbocycles. The smallest absolute Gasteiger partial charge is 0.320 e. The van der Waals surface area contributed by atoms with Crippen LogP contribution in [0.25, 0.3) is 0 Å². The normalized spacial score (nSPS) is 11.5. The number of amides is 3. The fourth-order valence-corrected chi connectivity index (χ4v) is 2.97. The van der Waals surface area contributed by atoms with Crippen LogP contribution in [0.3, 0.4) is 0 Å². The Bertz CT molecular complexity index is 1150. The Morgan fingerprint density at radius 3 is 2.26 bits per heavy atom. The molecule has 1 atom stereocenters. The van der Waals surface area contributed by atoms with Crippen LogP contribution >= 0.6 is 0 Å². The summed E-state index contributed by atoms with van der Waals surface area (Å²) >= 11 is 0. The molecule has 1 unspecified atom stereocenters. The maximum Gasteiger partial charge on any atom is 0.320 e. The van der Waals surface area contributed by atoms with Crippen LogP contribution in [0.15, 0.2) is 77.4 Å². The van der Waals surface area contributed by atoms with E-state index in [-0.39, 0.29) is 11.7 Å². The van der Waals surface area contributed by atoms with Crippen molar-refractivity contribution in [1.29, 1.82) is 0 Å². The SMILES string of the molecule is Cc1nc(C(NC(=O)Nc2ccc(NC(=O)c3ccco3)cc2)c2ccccc2)n[nH]1. The van der Waals surface area contributed by atoms with E-state index in [1.807, 2.05) is 30.3 Å². The quantitative estimate of drug-likeness (QED) is 0.380. The molecular weight excluding hydrogens is 396 g/mol. The van der Waals surface area contributed by atoms with Crippen LogP contribution in [0, 0.1) is 6.92 Å². The van der Waals surface area contributed by atoms with E-state index < -0.39 is 12.1 Å². The molecule has 0 radical (unpaired) electrons. The average molecular weight is 416 g/mol. The first-order valence-corrected chi connectivity index (χ1v) is 9.55. The second-order valence-corrected chi connectivity index (χ2v) is 6.73. The third kappa shape index (κ3) is 4.96. The molecule has 0 spiro atoms. The largest absolute Gasteiger partial charge is 0.459 e. The first kappa shape index (κ1) is 19.9. The summed E-state index contributed by atoms with van der Waals surface area (Å²) in [5.41, 5.74) is 1.99. The van der Waals surface area contributed by atoms with Gasteiger partial charge in [-0.1, -0.05) is 30.3 Å². The number of furan rings is 1. The minimum atomic E-state index is -0.516. The van der Waals surface area contributed by atoms with E-state index in [0.29, 0.717) is 23.0 Å². The van der Waals surface area contributed by atoms with Crippen molar-refractivity contribution in [3.8, 4) is 0 Å². The topological polar surface area (TPSA) is 125 Å². The van der Waals surface area contributed by atoms with E-state index in [9.17, 15) is 9.59 Å². The zero-order valence-corrected chi connectivity index (χ0v) is 16.6. The highest BCUT2D eigenvalue weighted by Gasteiger charge is 2.21. The Kier molecular flexibility index (Phi) is 5.75. The minimum absolute atomic E-state index is 0.218. The van der Waals surface area contributed by atoms with Crippen LogP contribution < -0.4 is 16.0 Å². The molecule has 4 aromatic rings. The van der Waals surface area contributed by atoms with Gasteiger partial charge in [-0.3, -0.25) is 9.89 Å². The average Bonchev–Trinajstić information content (AvgIpc) is 3.46. The summed E-state index contributed by atoms with van der Waals surface area (Å²) < 4.78 is 5.07. The van der Waals surface area contributed by atoms with Gasteiger partial charge in [0.1, 0.15) is 11.9 Å². The molecule has 0 aliphatic rings. The lowest BCUT2D eigenvalue weighted by atomic mass is 10.1. The molecule has 9 nitrogen and oxygen atoms in total. The maximum atomic E-state index is 12.6. The number of aromatic amines is 1. The van der Waals surface area contributed by atoms with Crippen molar-refractivity contribution < 1.29 is 14.0 Å². The molecule has 31 heavy (non-hydrogen) atoms. The number of aryl methyl sites for hydroxylation is 1. The lowest BCUT2D eigenvalue weighted by Crippen LogP contribution is -2.33. The summed E-state index contributed by atoms with van der Waals surface area (Å²) in [5.74, 6) is 0.992. The number of anilines is 2. The van der Waals surface area contributed by atoms with Crippen LogP contribution in [0.2, 0.25) is 0 Å². The van der Waals surface area contributed by atoms with Crippen molar-refractivity contribution >= 4 is 23.3 Å². The van der Waals surface area contributed by atoms with Crippen LogP contribution in [0.5, 0.6) is 0 Å². The van der Waals surface area contributed by atoms with E-state index >= 15 is 0 Å². The number of benzene rings is 2. The Morgan fingerprint density at radius 1 is 0.935 bits per heavy atom. The molecule has 3 amide bonds. The summed E-state index contributed by atoms with van der Waals surface area (Å²) in [6.45, 7) is 1.80. The van der Waals surface area contributed by atoms with E-state index in [1.54, 1.807) is 43.3 Å². The van der Waals surface area contributed by atoms with E-state index in [1.165, 1.54) is 6.26 Å². The second kappa shape index (κ2) is 8.95. The molecule has 4 N–H and O–H groups in total. The Morgan fingerprint density at radius 2 is 1.65 bits per heavy atom. The molecule has 0 aliphatic carbocycles. The van der Waals surface area contributed by atoms with Crippen molar-refractivity contribution in [3.05, 3.63) is 96.0 Å². The molecule has 4 rings (SSSR count). The maximum absolute atomic E-state index is 12.6. The molecule has 0 bridgehead atoms. The number of aromatic nitrogens is 3. The molecule has 2 aromatic carbocycles. The Labute approximate surface area is 177 Å². The zero-order chi connectivity index (χ0) is 21.6. The van der Waals surface area contributed by atoms with Gasteiger partial charge in [0.2, 0.25) is 0 Å². The predicted octanol–water partition coefficient (Wildman–Crippen LogP) is 3.87. The lowest BCUT2D eigenvalue weighted by Gasteiger charge is -2.17. The summed E-state index contributed by atoms with van der Waals surface area (Å²) in [6.07, 6.45) is 1.43. The van der Waals surface area contributed by atoms with Gasteiger partial charge in [-0.2, -0.15) is 5.10 Å². The predicted molar refractivity (Wildman–Crippen MR) is 115 cm³/mol. The molecule has 9 heteroatoms. The highest BCUT2D eigenvalue weighted by Crippen LogP contribution is 2.20. The minimum Gasteiger partial charge on any atom is -0.459 e. The lowest BCUT2D eigenvalue weighted by molar-refractivity contribution is 0.0996. The molecule has 2 aromatic heterocycles. The Hall–Kier alpha value is -4.40. The highest BCUT2D eigenvalue weighted by atomic mass is 16.3. The van der Waals surface area contributed by atoms with Crippen molar-refractivity contribution in [1.82, 2.24) is 20.5 Å². The Balaban J connectivity index is 1.41. The number of H-pyrrole nitrogens is 1. The summed E-state index contributed by atoms with van der Waals surface area (Å²) in [6, 6.07) is 18.5. The molecule has 0 saturated heterocycles. The molecule has 156 valence electrons. The number of carbonyl (C=O) groups excluding carboxylic acids is 2. The van der Waals surface area contributed by atoms with Gasteiger partial charge in [0, 0.05) is 11.4 Å². The van der Waals surface area contributed by atoms with Gasteiger partial charge in [-0.25, -0.2) is 9.78 Å². The van der Waals surface area contributed by atoms with Gasteiger partial charge in [-0.05, 0) is 48.9 Å². The third-order valence-electron chi connectivity index (χ3n) is 4.43. The van der Waals surface area contributed by atoms with Crippen molar-refractivity contribution in [2.24, 2.45) is 0 Å². The first-order valence-electron chi connectivity index (χ1n) is 9.55. The van der Waals surface area contributed by atoms with Crippen LogP contribution in [0.4, 0.5) is 16.2 Å². The van der Waals surface area contributed by atoms with Crippen LogP contribution in [0.1, 0.15) is 33.8 Å². The number of rotatable bonds is 6. The van der Waals surface area contributed by atoms with Crippen LogP contribution in [-0.4, -0.2) is 27.1 Å².